The maximum absolute atomic E-state index is 12.5. The lowest BCUT2D eigenvalue weighted by atomic mass is 10.1. The summed E-state index contributed by atoms with van der Waals surface area (Å²) in [4.78, 5) is 76.0. The van der Waals surface area contributed by atoms with Crippen LogP contribution >= 0.6 is 0 Å². The van der Waals surface area contributed by atoms with Crippen molar-refractivity contribution in [1.29, 1.82) is 10.8 Å². The SMILES string of the molecule is CCOC(=O)C(C)N1CCN(CC2CN(c3ccc(C(=N)NC(=O)c4cccnc4)cc3)C(=O)O2)CC1.CS(=O)(=O)OCC1CN(c2ccc(C(=N)NC(=O)c3cccnc3)cc2)C(=O)O1. The van der Waals surface area contributed by atoms with Crippen molar-refractivity contribution in [3.05, 3.63) is 120 Å². The highest BCUT2D eigenvalue weighted by Gasteiger charge is 2.36. The molecule has 4 aromatic rings. The zero-order valence-corrected chi connectivity index (χ0v) is 37.2. The van der Waals surface area contributed by atoms with E-state index in [9.17, 15) is 32.4 Å². The summed E-state index contributed by atoms with van der Waals surface area (Å²) in [5.41, 5.74) is 2.82. The minimum absolute atomic E-state index is 0.0429. The molecule has 22 heteroatoms. The summed E-state index contributed by atoms with van der Waals surface area (Å²) in [6.45, 7) is 8.00. The maximum Gasteiger partial charge on any atom is 0.414 e. The zero-order valence-electron chi connectivity index (χ0n) is 36.4. The number of nitrogens with zero attached hydrogens (tertiary/aromatic N) is 6. The van der Waals surface area contributed by atoms with E-state index < -0.39 is 40.2 Å². The molecule has 3 aliphatic rings. The summed E-state index contributed by atoms with van der Waals surface area (Å²) >= 11 is 0. The molecule has 3 aliphatic heterocycles. The van der Waals surface area contributed by atoms with Crippen molar-refractivity contribution < 1.29 is 50.8 Å². The van der Waals surface area contributed by atoms with Crippen LogP contribution in [0.25, 0.3) is 0 Å². The second-order valence-electron chi connectivity index (χ2n) is 15.2. The largest absolute Gasteiger partial charge is 0.465 e. The molecule has 4 amide bonds. The van der Waals surface area contributed by atoms with Crippen molar-refractivity contribution in [3.63, 3.8) is 0 Å². The van der Waals surface area contributed by atoms with E-state index >= 15 is 0 Å². The van der Waals surface area contributed by atoms with Gasteiger partial charge in [-0.2, -0.15) is 8.42 Å². The number of hydrogen-bond donors (Lipinski definition) is 4. The number of carbonyl (C=O) groups excluding carboxylic acids is 5. The third kappa shape index (κ3) is 13.2. The minimum Gasteiger partial charge on any atom is -0.465 e. The van der Waals surface area contributed by atoms with Gasteiger partial charge >= 0.3 is 18.2 Å². The van der Waals surface area contributed by atoms with Crippen molar-refractivity contribution in [1.82, 2.24) is 30.4 Å². The molecular weight excluding hydrogens is 877 g/mol. The molecular formula is C44H50N10O11S. The fraction of sp³-hybridized carbons (Fsp3) is 0.341. The van der Waals surface area contributed by atoms with Gasteiger partial charge in [-0.05, 0) is 86.6 Å². The molecule has 2 aromatic carbocycles. The average molecular weight is 927 g/mol. The first-order valence-electron chi connectivity index (χ1n) is 20.8. The number of esters is 1. The van der Waals surface area contributed by atoms with Crippen LogP contribution in [-0.4, -0.2) is 153 Å². The monoisotopic (exact) mass is 926 g/mol. The highest BCUT2D eigenvalue weighted by molar-refractivity contribution is 7.86. The molecule has 0 bridgehead atoms. The Balaban J connectivity index is 0.000000225. The lowest BCUT2D eigenvalue weighted by Gasteiger charge is -2.37. The molecule has 3 saturated heterocycles. The van der Waals surface area contributed by atoms with Gasteiger partial charge in [-0.25, -0.2) is 9.59 Å². The van der Waals surface area contributed by atoms with Crippen molar-refractivity contribution in [3.8, 4) is 0 Å². The van der Waals surface area contributed by atoms with Gasteiger partial charge in [0, 0.05) is 80.0 Å². The number of benzene rings is 2. The highest BCUT2D eigenvalue weighted by atomic mass is 32.2. The number of carbonyl (C=O) groups is 5. The van der Waals surface area contributed by atoms with Gasteiger partial charge in [0.05, 0.1) is 37.1 Å². The summed E-state index contributed by atoms with van der Waals surface area (Å²) in [6, 6.07) is 19.4. The van der Waals surface area contributed by atoms with Gasteiger partial charge in [0.1, 0.15) is 36.5 Å². The number of hydrogen-bond acceptors (Lipinski definition) is 17. The fourth-order valence-electron chi connectivity index (χ4n) is 7.01. The van der Waals surface area contributed by atoms with Crippen molar-refractivity contribution >= 4 is 63.1 Å². The number of amides is 4. The normalized spacial score (nSPS) is 18.0. The van der Waals surface area contributed by atoms with Gasteiger partial charge in [0.15, 0.2) is 0 Å². The van der Waals surface area contributed by atoms with Crippen molar-refractivity contribution in [2.75, 3.05) is 75.1 Å². The van der Waals surface area contributed by atoms with Crippen LogP contribution in [0.2, 0.25) is 0 Å². The van der Waals surface area contributed by atoms with Crippen LogP contribution in [0.4, 0.5) is 21.0 Å². The van der Waals surface area contributed by atoms with Crippen LogP contribution in [0.15, 0.2) is 97.6 Å². The molecule has 3 fully saturated rings. The summed E-state index contributed by atoms with van der Waals surface area (Å²) in [7, 11) is -3.63. The maximum atomic E-state index is 12.5. The summed E-state index contributed by atoms with van der Waals surface area (Å²) in [5.74, 6) is -1.21. The number of cyclic esters (lactones) is 2. The Morgan fingerprint density at radius 1 is 0.742 bits per heavy atom. The van der Waals surface area contributed by atoms with Crippen LogP contribution in [0.1, 0.15) is 45.7 Å². The van der Waals surface area contributed by atoms with Gasteiger partial charge in [-0.1, -0.05) is 0 Å². The molecule has 0 saturated carbocycles. The number of ether oxygens (including phenoxy) is 3. The van der Waals surface area contributed by atoms with E-state index in [0.717, 1.165) is 32.4 Å². The molecule has 0 radical (unpaired) electrons. The number of pyridine rings is 2. The number of piperazine rings is 1. The number of aromatic nitrogens is 2. The molecule has 3 unspecified atom stereocenters. The Labute approximate surface area is 381 Å². The average Bonchev–Trinajstić information content (AvgIpc) is 3.89. The molecule has 0 spiro atoms. The molecule has 2 aromatic heterocycles. The molecule has 0 aliphatic carbocycles. The van der Waals surface area contributed by atoms with Gasteiger partial charge in [-0.15, -0.1) is 0 Å². The lowest BCUT2D eigenvalue weighted by molar-refractivity contribution is -0.149. The summed E-state index contributed by atoms with van der Waals surface area (Å²) in [6.07, 6.45) is 4.85. The first-order chi connectivity index (χ1) is 31.6. The molecule has 21 nitrogen and oxygen atoms in total. The third-order valence-electron chi connectivity index (χ3n) is 10.5. The van der Waals surface area contributed by atoms with E-state index in [2.05, 4.69) is 34.6 Å². The summed E-state index contributed by atoms with van der Waals surface area (Å²) in [5, 5.41) is 21.3. The zero-order chi connectivity index (χ0) is 47.4. The Bertz CT molecular complexity index is 2490. The number of rotatable bonds is 14. The Kier molecular flexibility index (Phi) is 16.2. The van der Waals surface area contributed by atoms with Crippen LogP contribution in [0, 0.1) is 10.8 Å². The molecule has 4 N–H and O–H groups in total. The molecule has 66 heavy (non-hydrogen) atoms. The van der Waals surface area contributed by atoms with E-state index in [1.165, 1.54) is 17.3 Å². The van der Waals surface area contributed by atoms with E-state index in [1.54, 1.807) is 97.0 Å². The number of anilines is 2. The first-order valence-corrected chi connectivity index (χ1v) is 22.6. The van der Waals surface area contributed by atoms with Crippen LogP contribution in [0.5, 0.6) is 0 Å². The Morgan fingerprint density at radius 2 is 1.21 bits per heavy atom. The predicted molar refractivity (Wildman–Crippen MR) is 240 cm³/mol. The van der Waals surface area contributed by atoms with E-state index in [4.69, 9.17) is 25.0 Å². The standard InChI is InChI=1S/C26H32N6O5.C18H18N4O6S/c1-3-36-25(34)18(2)31-13-11-30(12-14-31)16-22-17-32(26(35)37-22)21-8-6-19(7-9-21)23(27)29-24(33)20-5-4-10-28-15-20;1-29(25,26)27-11-15-10-22(18(24)28-15)14-6-4-12(5-7-14)16(19)21-17(23)13-3-2-8-20-9-13/h4-10,15,18,22H,3,11-14,16-17H2,1-2H3,(H2,27,29,33);2-9,15H,10-11H2,1H3,(H2,19,21,23). The molecule has 348 valence electrons. The molecule has 5 heterocycles. The third-order valence-corrected chi connectivity index (χ3v) is 11.1. The van der Waals surface area contributed by atoms with E-state index in [1.807, 2.05) is 6.92 Å². The Hall–Kier alpha value is -7.14. The topological polar surface area (TPSA) is 267 Å². The van der Waals surface area contributed by atoms with Gasteiger partial charge in [0.25, 0.3) is 21.9 Å². The number of amidine groups is 2. The van der Waals surface area contributed by atoms with Crippen LogP contribution < -0.4 is 20.4 Å². The smallest absolute Gasteiger partial charge is 0.414 e. The van der Waals surface area contributed by atoms with Gasteiger partial charge in [0.2, 0.25) is 0 Å². The number of nitrogens with one attached hydrogen (secondary N) is 4. The highest BCUT2D eigenvalue weighted by Crippen LogP contribution is 2.24. The van der Waals surface area contributed by atoms with Crippen molar-refractivity contribution in [2.24, 2.45) is 0 Å². The lowest BCUT2D eigenvalue weighted by Crippen LogP contribution is -2.53. The molecule has 7 rings (SSSR count). The fourth-order valence-corrected chi connectivity index (χ4v) is 7.40. The van der Waals surface area contributed by atoms with Gasteiger partial charge < -0.3 is 24.8 Å². The summed E-state index contributed by atoms with van der Waals surface area (Å²) < 4.78 is 42.6. The van der Waals surface area contributed by atoms with E-state index in [0.29, 0.717) is 53.3 Å². The Morgan fingerprint density at radius 3 is 1.65 bits per heavy atom. The quantitative estimate of drug-likeness (QED) is 0.0466. The van der Waals surface area contributed by atoms with Crippen LogP contribution in [0.3, 0.4) is 0 Å². The second-order valence-corrected chi connectivity index (χ2v) is 16.9. The van der Waals surface area contributed by atoms with Crippen molar-refractivity contribution in [2.45, 2.75) is 32.1 Å². The minimum atomic E-state index is -3.63. The van der Waals surface area contributed by atoms with Crippen LogP contribution in [-0.2, 0) is 33.3 Å². The van der Waals surface area contributed by atoms with E-state index in [-0.39, 0.29) is 42.9 Å². The predicted octanol–water partition coefficient (Wildman–Crippen LogP) is 2.87. The second kappa shape index (κ2) is 22.2. The first kappa shape index (κ1) is 48.3. The van der Waals surface area contributed by atoms with Gasteiger partial charge in [-0.3, -0.25) is 59.0 Å². The molecule has 3 atom stereocenters.